The van der Waals surface area contributed by atoms with Gasteiger partial charge in [0.25, 0.3) is 5.91 Å². The Morgan fingerprint density at radius 2 is 1.72 bits per heavy atom. The van der Waals surface area contributed by atoms with Crippen molar-refractivity contribution in [2.45, 2.75) is 13.8 Å². The predicted octanol–water partition coefficient (Wildman–Crippen LogP) is 2.56. The minimum atomic E-state index is -0.196. The number of hydrogen-bond acceptors (Lipinski definition) is 8. The van der Waals surface area contributed by atoms with Gasteiger partial charge in [-0.2, -0.15) is 0 Å². The number of nitrogens with one attached hydrogen (secondary N) is 3. The molecule has 9 heteroatoms. The molecule has 0 aliphatic rings. The maximum atomic E-state index is 12.1. The molecule has 3 aromatic rings. The summed E-state index contributed by atoms with van der Waals surface area (Å²) in [5.41, 5.74) is 1.57. The van der Waals surface area contributed by atoms with Crippen molar-refractivity contribution in [2.75, 3.05) is 30.3 Å². The Balaban J connectivity index is 1.41. The summed E-state index contributed by atoms with van der Waals surface area (Å²) in [5.74, 6) is 2.23. The molecule has 0 aliphatic heterocycles. The first-order chi connectivity index (χ1) is 14.1. The topological polar surface area (TPSA) is 114 Å². The van der Waals surface area contributed by atoms with Crippen molar-refractivity contribution < 1.29 is 9.53 Å². The van der Waals surface area contributed by atoms with E-state index < -0.39 is 0 Å². The van der Waals surface area contributed by atoms with Gasteiger partial charge in [0, 0.05) is 31.5 Å². The van der Waals surface area contributed by atoms with E-state index in [-0.39, 0.29) is 5.91 Å². The first-order valence-electron chi connectivity index (χ1n) is 9.28. The van der Waals surface area contributed by atoms with Crippen molar-refractivity contribution in [2.24, 2.45) is 0 Å². The summed E-state index contributed by atoms with van der Waals surface area (Å²) in [4.78, 5) is 20.4. The molecule has 0 saturated carbocycles. The van der Waals surface area contributed by atoms with E-state index in [4.69, 9.17) is 4.74 Å². The van der Waals surface area contributed by atoms with E-state index >= 15 is 0 Å². The van der Waals surface area contributed by atoms with Gasteiger partial charge in [-0.1, -0.05) is 6.07 Å². The molecule has 0 saturated heterocycles. The number of ether oxygens (including phenoxy) is 1. The molecular weight excluding hydrogens is 370 g/mol. The second kappa shape index (κ2) is 9.98. The number of pyridine rings is 2. The van der Waals surface area contributed by atoms with Crippen LogP contribution in [-0.4, -0.2) is 45.8 Å². The van der Waals surface area contributed by atoms with Gasteiger partial charge in [0.15, 0.2) is 5.82 Å². The van der Waals surface area contributed by atoms with Crippen LogP contribution in [-0.2, 0) is 0 Å². The van der Waals surface area contributed by atoms with E-state index in [9.17, 15) is 4.79 Å². The van der Waals surface area contributed by atoms with E-state index in [1.54, 1.807) is 24.4 Å². The van der Waals surface area contributed by atoms with Crippen LogP contribution in [0.1, 0.15) is 22.8 Å². The van der Waals surface area contributed by atoms with Crippen molar-refractivity contribution in [3.05, 3.63) is 59.9 Å². The summed E-state index contributed by atoms with van der Waals surface area (Å²) in [7, 11) is 0. The lowest BCUT2D eigenvalue weighted by atomic mass is 10.2. The zero-order valence-electron chi connectivity index (χ0n) is 16.3. The van der Waals surface area contributed by atoms with E-state index in [1.165, 1.54) is 6.20 Å². The van der Waals surface area contributed by atoms with Gasteiger partial charge in [0.1, 0.15) is 11.6 Å². The van der Waals surface area contributed by atoms with Crippen LogP contribution in [0.4, 0.5) is 17.5 Å². The summed E-state index contributed by atoms with van der Waals surface area (Å²) >= 11 is 0. The first kappa shape index (κ1) is 20.0. The molecule has 0 unspecified atom stereocenters. The van der Waals surface area contributed by atoms with Gasteiger partial charge in [0.05, 0.1) is 12.2 Å². The molecule has 0 aromatic carbocycles. The second-order valence-corrected chi connectivity index (χ2v) is 6.15. The SMILES string of the molecule is CCOc1ccc(C(=O)NCCNc2ccc(Nc3ccc(C)cn3)nn2)cn1. The normalized spacial score (nSPS) is 10.3. The zero-order valence-corrected chi connectivity index (χ0v) is 16.3. The molecule has 0 bridgehead atoms. The van der Waals surface area contributed by atoms with Gasteiger partial charge in [-0.05, 0) is 43.7 Å². The Bertz CT molecular complexity index is 913. The average Bonchev–Trinajstić information content (AvgIpc) is 2.74. The van der Waals surface area contributed by atoms with Crippen LogP contribution in [0.25, 0.3) is 0 Å². The van der Waals surface area contributed by atoms with Gasteiger partial charge in [-0.3, -0.25) is 4.79 Å². The van der Waals surface area contributed by atoms with E-state index in [1.807, 2.05) is 32.0 Å². The van der Waals surface area contributed by atoms with E-state index in [0.717, 1.165) is 5.56 Å². The number of rotatable bonds is 9. The van der Waals surface area contributed by atoms with Crippen molar-refractivity contribution in [3.8, 4) is 5.88 Å². The highest BCUT2D eigenvalue weighted by Crippen LogP contribution is 2.12. The van der Waals surface area contributed by atoms with E-state index in [0.29, 0.717) is 48.6 Å². The van der Waals surface area contributed by atoms with Crippen molar-refractivity contribution >= 4 is 23.4 Å². The van der Waals surface area contributed by atoms with Gasteiger partial charge in [0.2, 0.25) is 5.88 Å². The molecule has 1 amide bonds. The predicted molar refractivity (Wildman–Crippen MR) is 111 cm³/mol. The molecule has 0 aliphatic carbocycles. The molecule has 0 radical (unpaired) electrons. The highest BCUT2D eigenvalue weighted by molar-refractivity contribution is 5.93. The van der Waals surface area contributed by atoms with Crippen molar-refractivity contribution in [1.82, 2.24) is 25.5 Å². The number of nitrogens with zero attached hydrogens (tertiary/aromatic N) is 4. The molecule has 9 nitrogen and oxygen atoms in total. The van der Waals surface area contributed by atoms with Crippen LogP contribution in [0.5, 0.6) is 5.88 Å². The van der Waals surface area contributed by atoms with E-state index in [2.05, 4.69) is 36.1 Å². The molecule has 0 atom stereocenters. The molecule has 3 rings (SSSR count). The fourth-order valence-electron chi connectivity index (χ4n) is 2.38. The molecule has 150 valence electrons. The highest BCUT2D eigenvalue weighted by atomic mass is 16.5. The molecule has 3 aromatic heterocycles. The summed E-state index contributed by atoms with van der Waals surface area (Å²) in [6.45, 7) is 5.34. The number of anilines is 3. The lowest BCUT2D eigenvalue weighted by Crippen LogP contribution is -2.29. The third-order valence-corrected chi connectivity index (χ3v) is 3.84. The zero-order chi connectivity index (χ0) is 20.5. The van der Waals surface area contributed by atoms with Crippen LogP contribution in [0, 0.1) is 6.92 Å². The van der Waals surface area contributed by atoms with Crippen LogP contribution in [0.2, 0.25) is 0 Å². The smallest absolute Gasteiger partial charge is 0.252 e. The number of hydrogen-bond donors (Lipinski definition) is 3. The number of carbonyl (C=O) groups excluding carboxylic acids is 1. The molecular formula is C20H23N7O2. The lowest BCUT2D eigenvalue weighted by Gasteiger charge is -2.08. The molecule has 0 spiro atoms. The maximum Gasteiger partial charge on any atom is 0.252 e. The summed E-state index contributed by atoms with van der Waals surface area (Å²) in [6.07, 6.45) is 3.28. The fourth-order valence-corrected chi connectivity index (χ4v) is 2.38. The fraction of sp³-hybridized carbons (Fsp3) is 0.250. The maximum absolute atomic E-state index is 12.1. The number of aromatic nitrogens is 4. The largest absolute Gasteiger partial charge is 0.478 e. The molecule has 0 fully saturated rings. The summed E-state index contributed by atoms with van der Waals surface area (Å²) < 4.78 is 5.26. The monoisotopic (exact) mass is 393 g/mol. The molecule has 3 heterocycles. The third kappa shape index (κ3) is 6.13. The Morgan fingerprint density at radius 3 is 2.38 bits per heavy atom. The number of amides is 1. The average molecular weight is 393 g/mol. The second-order valence-electron chi connectivity index (χ2n) is 6.15. The highest BCUT2D eigenvalue weighted by Gasteiger charge is 2.06. The Kier molecular flexibility index (Phi) is 6.88. The minimum absolute atomic E-state index is 0.196. The minimum Gasteiger partial charge on any atom is -0.478 e. The first-order valence-corrected chi connectivity index (χ1v) is 9.28. The Labute approximate surface area is 169 Å². The van der Waals surface area contributed by atoms with Crippen LogP contribution in [0.15, 0.2) is 48.8 Å². The quantitative estimate of drug-likeness (QED) is 0.475. The number of carbonyl (C=O) groups is 1. The van der Waals surface area contributed by atoms with Crippen LogP contribution in [0.3, 0.4) is 0 Å². The van der Waals surface area contributed by atoms with Gasteiger partial charge >= 0.3 is 0 Å². The van der Waals surface area contributed by atoms with Crippen molar-refractivity contribution in [1.29, 1.82) is 0 Å². The van der Waals surface area contributed by atoms with Gasteiger partial charge in [-0.25, -0.2) is 9.97 Å². The standard InChI is InChI=1S/C20H23N7O2/c1-3-29-19-9-5-15(13-24-19)20(28)22-11-10-21-17-7-8-18(27-26-17)25-16-6-4-14(2)12-23-16/h4-9,12-13H,3,10-11H2,1-2H3,(H,21,26)(H,22,28)(H,23,25,27). The summed E-state index contributed by atoms with van der Waals surface area (Å²) in [6, 6.07) is 10.8. The van der Waals surface area contributed by atoms with Crippen LogP contribution < -0.4 is 20.7 Å². The van der Waals surface area contributed by atoms with Crippen molar-refractivity contribution in [3.63, 3.8) is 0 Å². The van der Waals surface area contributed by atoms with Gasteiger partial charge < -0.3 is 20.7 Å². The molecule has 29 heavy (non-hydrogen) atoms. The summed E-state index contributed by atoms with van der Waals surface area (Å²) in [5, 5.41) is 17.2. The Morgan fingerprint density at radius 1 is 0.931 bits per heavy atom. The molecule has 3 N–H and O–H groups in total. The lowest BCUT2D eigenvalue weighted by molar-refractivity contribution is 0.0954. The number of aryl methyl sites for hydroxylation is 1. The Hall–Kier alpha value is -3.75. The van der Waals surface area contributed by atoms with Gasteiger partial charge in [-0.15, -0.1) is 10.2 Å². The van der Waals surface area contributed by atoms with Crippen LogP contribution >= 0.6 is 0 Å². The third-order valence-electron chi connectivity index (χ3n) is 3.84.